The number of benzene rings is 1. The molecule has 0 amide bonds. The molecule has 2 heterocycles. The maximum absolute atomic E-state index is 11.9. The number of fused-ring (bicyclic) bond motifs is 1. The summed E-state index contributed by atoms with van der Waals surface area (Å²) in [6.07, 6.45) is 0. The molecule has 1 N–H and O–H groups in total. The highest BCUT2D eigenvalue weighted by atomic mass is 35.5. The van der Waals surface area contributed by atoms with E-state index in [9.17, 15) is 4.79 Å². The molecule has 17 heavy (non-hydrogen) atoms. The number of imidazole rings is 1. The third-order valence-electron chi connectivity index (χ3n) is 2.43. The topological polar surface area (TPSA) is 37.8 Å². The lowest BCUT2D eigenvalue weighted by atomic mass is 10.3. The van der Waals surface area contributed by atoms with Crippen LogP contribution in [0.2, 0.25) is 9.36 Å². The van der Waals surface area contributed by atoms with Crippen molar-refractivity contribution in [3.8, 4) is 5.00 Å². The van der Waals surface area contributed by atoms with Crippen LogP contribution in [0.4, 0.5) is 0 Å². The Kier molecular flexibility index (Phi) is 2.50. The summed E-state index contributed by atoms with van der Waals surface area (Å²) in [4.78, 5) is 14.7. The molecule has 0 saturated carbocycles. The fourth-order valence-corrected chi connectivity index (χ4v) is 3.05. The molecule has 3 aromatic rings. The number of hydrogen-bond acceptors (Lipinski definition) is 2. The fraction of sp³-hybridized carbons (Fsp3) is 0. The first-order valence-electron chi connectivity index (χ1n) is 4.82. The van der Waals surface area contributed by atoms with Gasteiger partial charge in [0.2, 0.25) is 0 Å². The zero-order chi connectivity index (χ0) is 12.0. The zero-order valence-corrected chi connectivity index (χ0v) is 10.7. The smallest absolute Gasteiger partial charge is 0.305 e. The van der Waals surface area contributed by atoms with Gasteiger partial charge in [-0.3, -0.25) is 0 Å². The molecule has 0 atom stereocenters. The number of nitrogens with one attached hydrogen (secondary N) is 1. The Morgan fingerprint density at radius 1 is 1.18 bits per heavy atom. The minimum absolute atomic E-state index is 0.216. The van der Waals surface area contributed by atoms with E-state index in [-0.39, 0.29) is 5.69 Å². The molecule has 0 spiro atoms. The SMILES string of the molecule is O=c1[nH]c2cccc(Cl)c2n1-c1ccc(Cl)s1. The van der Waals surface area contributed by atoms with E-state index in [0.29, 0.717) is 20.4 Å². The summed E-state index contributed by atoms with van der Waals surface area (Å²) in [6, 6.07) is 8.91. The lowest BCUT2D eigenvalue weighted by Crippen LogP contribution is -2.13. The van der Waals surface area contributed by atoms with Gasteiger partial charge in [0.1, 0.15) is 5.00 Å². The first kappa shape index (κ1) is 10.9. The zero-order valence-electron chi connectivity index (χ0n) is 8.41. The van der Waals surface area contributed by atoms with Crippen LogP contribution in [0.3, 0.4) is 0 Å². The highest BCUT2D eigenvalue weighted by molar-refractivity contribution is 7.18. The van der Waals surface area contributed by atoms with Gasteiger partial charge in [0.05, 0.1) is 20.4 Å². The van der Waals surface area contributed by atoms with Gasteiger partial charge in [-0.25, -0.2) is 9.36 Å². The van der Waals surface area contributed by atoms with Crippen molar-refractivity contribution < 1.29 is 0 Å². The summed E-state index contributed by atoms with van der Waals surface area (Å²) in [5.41, 5.74) is 1.18. The van der Waals surface area contributed by atoms with Crippen molar-refractivity contribution in [1.82, 2.24) is 9.55 Å². The molecule has 0 fully saturated rings. The molecule has 3 rings (SSSR count). The molecule has 1 aromatic carbocycles. The number of thiophene rings is 1. The van der Waals surface area contributed by atoms with E-state index in [1.807, 2.05) is 6.07 Å². The van der Waals surface area contributed by atoms with Crippen LogP contribution in [-0.4, -0.2) is 9.55 Å². The second kappa shape index (κ2) is 3.91. The monoisotopic (exact) mass is 284 g/mol. The number of rotatable bonds is 1. The van der Waals surface area contributed by atoms with Crippen molar-refractivity contribution in [3.63, 3.8) is 0 Å². The van der Waals surface area contributed by atoms with Gasteiger partial charge in [0, 0.05) is 0 Å². The van der Waals surface area contributed by atoms with Gasteiger partial charge >= 0.3 is 5.69 Å². The standard InChI is InChI=1S/C11H6Cl2N2OS/c12-6-2-1-3-7-10(6)15(11(16)14-7)9-5-4-8(13)17-9/h1-5H,(H,14,16). The predicted molar refractivity (Wildman–Crippen MR) is 71.8 cm³/mol. The van der Waals surface area contributed by atoms with Gasteiger partial charge < -0.3 is 4.98 Å². The molecule has 0 saturated heterocycles. The van der Waals surface area contributed by atoms with Crippen molar-refractivity contribution in [1.29, 1.82) is 0 Å². The number of aromatic amines is 1. The van der Waals surface area contributed by atoms with Crippen molar-refractivity contribution in [2.75, 3.05) is 0 Å². The number of halogens is 2. The molecule has 2 aromatic heterocycles. The quantitative estimate of drug-likeness (QED) is 0.727. The number of H-pyrrole nitrogens is 1. The maximum atomic E-state index is 11.9. The van der Waals surface area contributed by atoms with Gasteiger partial charge in [0.25, 0.3) is 0 Å². The summed E-state index contributed by atoms with van der Waals surface area (Å²) in [7, 11) is 0. The average molecular weight is 285 g/mol. The fourth-order valence-electron chi connectivity index (χ4n) is 1.75. The molecule has 0 aliphatic rings. The van der Waals surface area contributed by atoms with E-state index >= 15 is 0 Å². The first-order chi connectivity index (χ1) is 8.16. The summed E-state index contributed by atoms with van der Waals surface area (Å²) >= 11 is 13.3. The van der Waals surface area contributed by atoms with E-state index in [0.717, 1.165) is 5.00 Å². The maximum Gasteiger partial charge on any atom is 0.331 e. The normalized spacial score (nSPS) is 11.2. The molecule has 3 nitrogen and oxygen atoms in total. The summed E-state index contributed by atoms with van der Waals surface area (Å²) in [5.74, 6) is 0. The molecule has 0 bridgehead atoms. The van der Waals surface area contributed by atoms with Crippen LogP contribution in [0, 0.1) is 0 Å². The van der Waals surface area contributed by atoms with E-state index in [1.54, 1.807) is 24.3 Å². The van der Waals surface area contributed by atoms with Crippen LogP contribution in [0.15, 0.2) is 35.1 Å². The largest absolute Gasteiger partial charge is 0.331 e. The van der Waals surface area contributed by atoms with Crippen LogP contribution < -0.4 is 5.69 Å². The second-order valence-corrected chi connectivity index (χ2v) is 5.58. The molecule has 0 aliphatic heterocycles. The first-order valence-corrected chi connectivity index (χ1v) is 6.39. The molecular formula is C11H6Cl2N2OS. The Hall–Kier alpha value is -1.23. The van der Waals surface area contributed by atoms with Crippen molar-refractivity contribution >= 4 is 45.6 Å². The van der Waals surface area contributed by atoms with E-state index in [1.165, 1.54) is 15.9 Å². The van der Waals surface area contributed by atoms with Crippen LogP contribution in [0.1, 0.15) is 0 Å². The number of nitrogens with zero attached hydrogens (tertiary/aromatic N) is 1. The molecule has 0 unspecified atom stereocenters. The molecule has 86 valence electrons. The lowest BCUT2D eigenvalue weighted by Gasteiger charge is -2.00. The second-order valence-electron chi connectivity index (χ2n) is 3.48. The molecule has 6 heteroatoms. The van der Waals surface area contributed by atoms with Crippen LogP contribution in [0.25, 0.3) is 16.0 Å². The molecule has 0 radical (unpaired) electrons. The number of aromatic nitrogens is 2. The summed E-state index contributed by atoms with van der Waals surface area (Å²) in [6.45, 7) is 0. The summed E-state index contributed by atoms with van der Waals surface area (Å²) in [5, 5.41) is 1.28. The highest BCUT2D eigenvalue weighted by Gasteiger charge is 2.12. The van der Waals surface area contributed by atoms with E-state index < -0.39 is 0 Å². The van der Waals surface area contributed by atoms with Gasteiger partial charge in [-0.15, -0.1) is 11.3 Å². The Morgan fingerprint density at radius 2 is 2.00 bits per heavy atom. The lowest BCUT2D eigenvalue weighted by molar-refractivity contribution is 1.04. The van der Waals surface area contributed by atoms with E-state index in [2.05, 4.69) is 4.98 Å². The Bertz CT molecular complexity index is 756. The predicted octanol–water partition coefficient (Wildman–Crippen LogP) is 3.69. The van der Waals surface area contributed by atoms with Crippen LogP contribution in [0.5, 0.6) is 0 Å². The Morgan fingerprint density at radius 3 is 2.71 bits per heavy atom. The van der Waals surface area contributed by atoms with Crippen molar-refractivity contribution in [2.24, 2.45) is 0 Å². The van der Waals surface area contributed by atoms with Gasteiger partial charge in [-0.2, -0.15) is 0 Å². The van der Waals surface area contributed by atoms with Crippen molar-refractivity contribution in [3.05, 3.63) is 50.2 Å². The third-order valence-corrected chi connectivity index (χ3v) is 3.96. The Balaban J connectivity index is 2.43. The molecular weight excluding hydrogens is 279 g/mol. The van der Waals surface area contributed by atoms with Gasteiger partial charge in [-0.1, -0.05) is 29.3 Å². The number of para-hydroxylation sites is 1. The van der Waals surface area contributed by atoms with Crippen molar-refractivity contribution in [2.45, 2.75) is 0 Å². The summed E-state index contributed by atoms with van der Waals surface area (Å²) < 4.78 is 2.17. The van der Waals surface area contributed by atoms with Crippen LogP contribution in [-0.2, 0) is 0 Å². The Labute approximate surface area is 110 Å². The van der Waals surface area contributed by atoms with Gasteiger partial charge in [-0.05, 0) is 24.3 Å². The van der Waals surface area contributed by atoms with E-state index in [4.69, 9.17) is 23.2 Å². The van der Waals surface area contributed by atoms with Crippen LogP contribution >= 0.6 is 34.5 Å². The third kappa shape index (κ3) is 1.69. The minimum atomic E-state index is -0.216. The average Bonchev–Trinajstić information content (AvgIpc) is 2.82. The highest BCUT2D eigenvalue weighted by Crippen LogP contribution is 2.29. The molecule has 0 aliphatic carbocycles. The minimum Gasteiger partial charge on any atom is -0.305 e. The number of hydrogen-bond donors (Lipinski definition) is 1. The van der Waals surface area contributed by atoms with Gasteiger partial charge in [0.15, 0.2) is 0 Å².